The maximum atomic E-state index is 11.8. The monoisotopic (exact) mass is 390 g/mol. The van der Waals surface area contributed by atoms with E-state index >= 15 is 0 Å². The summed E-state index contributed by atoms with van der Waals surface area (Å²) in [5.74, 6) is 0.924. The molecule has 1 aromatic rings. The van der Waals surface area contributed by atoms with Gasteiger partial charge in [-0.1, -0.05) is 46.2 Å². The number of carbonyl (C=O) groups excluding carboxylic acids is 1. The molecule has 0 saturated carbocycles. The Kier molecular flexibility index (Phi) is 8.44. The molecule has 0 N–H and O–H groups in total. The lowest BCUT2D eigenvalue weighted by atomic mass is 10.1. The summed E-state index contributed by atoms with van der Waals surface area (Å²) in [5.41, 5.74) is 0. The molecular weight excluding hydrogens is 368 g/mol. The first-order valence-corrected chi connectivity index (χ1v) is 11.8. The number of hydrogen-bond acceptors (Lipinski definition) is 7. The van der Waals surface area contributed by atoms with E-state index in [0.717, 1.165) is 24.5 Å². The van der Waals surface area contributed by atoms with Gasteiger partial charge in [0.1, 0.15) is 13.2 Å². The van der Waals surface area contributed by atoms with Crippen LogP contribution >= 0.6 is 21.6 Å². The van der Waals surface area contributed by atoms with Crippen LogP contribution in [0, 0.1) is 0 Å². The Balaban J connectivity index is 1.54. The molecule has 1 fully saturated rings. The topological polar surface area (TPSA) is 69.7 Å². The van der Waals surface area contributed by atoms with Crippen LogP contribution in [0.25, 0.3) is 0 Å². The maximum Gasteiger partial charge on any atom is 0.305 e. The van der Waals surface area contributed by atoms with Gasteiger partial charge in [0.2, 0.25) is 0 Å². The van der Waals surface area contributed by atoms with E-state index in [1.807, 2.05) is 21.6 Å². The van der Waals surface area contributed by atoms with E-state index in [4.69, 9.17) is 8.92 Å². The lowest BCUT2D eigenvalue weighted by Crippen LogP contribution is -2.14. The quantitative estimate of drug-likeness (QED) is 0.261. The molecule has 8 heteroatoms. The van der Waals surface area contributed by atoms with E-state index in [0.29, 0.717) is 6.42 Å². The Morgan fingerprint density at radius 2 is 1.96 bits per heavy atom. The molecule has 1 atom stereocenters. The van der Waals surface area contributed by atoms with Crippen molar-refractivity contribution in [1.29, 1.82) is 0 Å². The first-order chi connectivity index (χ1) is 11.6. The second kappa shape index (κ2) is 10.3. The number of esters is 1. The first-order valence-electron chi connectivity index (χ1n) is 7.96. The van der Waals surface area contributed by atoms with Crippen LogP contribution in [-0.4, -0.2) is 38.6 Å². The highest BCUT2D eigenvalue weighted by atomic mass is 33.1. The average Bonchev–Trinajstić information content (AvgIpc) is 3.10. The van der Waals surface area contributed by atoms with Crippen LogP contribution in [0.1, 0.15) is 32.1 Å². The minimum absolute atomic E-state index is 0.0555. The molecule has 2 rings (SSSR count). The molecule has 0 radical (unpaired) electrons. The SMILES string of the molecule is O=C(CCCC[C@@H]1CCSS1)OCCOS(=O)(=O)c1ccccc1. The van der Waals surface area contributed by atoms with Crippen molar-refractivity contribution in [3.05, 3.63) is 30.3 Å². The summed E-state index contributed by atoms with van der Waals surface area (Å²) in [6.07, 6.45) is 4.60. The zero-order valence-electron chi connectivity index (χ0n) is 13.4. The molecule has 134 valence electrons. The van der Waals surface area contributed by atoms with Crippen LogP contribution in [0.5, 0.6) is 0 Å². The third-order valence-electron chi connectivity index (χ3n) is 3.50. The van der Waals surface area contributed by atoms with Crippen molar-refractivity contribution in [3.63, 3.8) is 0 Å². The summed E-state index contributed by atoms with van der Waals surface area (Å²) in [5, 5.41) is 0.725. The van der Waals surface area contributed by atoms with Crippen LogP contribution in [0.15, 0.2) is 35.2 Å². The smallest absolute Gasteiger partial charge is 0.305 e. The van der Waals surface area contributed by atoms with Crippen molar-refractivity contribution in [2.45, 2.75) is 42.2 Å². The van der Waals surface area contributed by atoms with E-state index in [9.17, 15) is 13.2 Å². The largest absolute Gasteiger partial charge is 0.463 e. The van der Waals surface area contributed by atoms with Crippen LogP contribution in [0.2, 0.25) is 0 Å². The van der Waals surface area contributed by atoms with Crippen LogP contribution < -0.4 is 0 Å². The zero-order chi connectivity index (χ0) is 17.3. The highest BCUT2D eigenvalue weighted by Crippen LogP contribution is 2.39. The van der Waals surface area contributed by atoms with Crippen molar-refractivity contribution in [2.24, 2.45) is 0 Å². The molecule has 5 nitrogen and oxygen atoms in total. The van der Waals surface area contributed by atoms with E-state index in [1.165, 1.54) is 24.3 Å². The summed E-state index contributed by atoms with van der Waals surface area (Å²) < 4.78 is 33.6. The normalized spacial score (nSPS) is 17.8. The van der Waals surface area contributed by atoms with Crippen molar-refractivity contribution in [1.82, 2.24) is 0 Å². The van der Waals surface area contributed by atoms with Crippen molar-refractivity contribution < 1.29 is 22.1 Å². The lowest BCUT2D eigenvalue weighted by Gasteiger charge is -2.08. The minimum Gasteiger partial charge on any atom is -0.463 e. The van der Waals surface area contributed by atoms with Crippen molar-refractivity contribution in [3.8, 4) is 0 Å². The second-order valence-corrected chi connectivity index (χ2v) is 9.79. The molecule has 1 aromatic carbocycles. The van der Waals surface area contributed by atoms with Crippen molar-refractivity contribution in [2.75, 3.05) is 19.0 Å². The molecule has 0 amide bonds. The molecule has 1 aliphatic heterocycles. The van der Waals surface area contributed by atoms with Gasteiger partial charge in [0.25, 0.3) is 10.1 Å². The Labute approximate surface area is 151 Å². The number of benzene rings is 1. The number of rotatable bonds is 10. The Morgan fingerprint density at radius 3 is 2.67 bits per heavy atom. The Hall–Kier alpha value is -0.700. The molecule has 1 saturated heterocycles. The number of carbonyl (C=O) groups is 1. The predicted molar refractivity (Wildman–Crippen MR) is 97.5 cm³/mol. The molecule has 1 aliphatic rings. The van der Waals surface area contributed by atoms with E-state index < -0.39 is 10.1 Å². The van der Waals surface area contributed by atoms with Gasteiger partial charge in [-0.25, -0.2) is 0 Å². The van der Waals surface area contributed by atoms with Crippen molar-refractivity contribution >= 4 is 37.7 Å². The summed E-state index contributed by atoms with van der Waals surface area (Å²) in [6.45, 7) is -0.223. The molecule has 0 spiro atoms. The molecular formula is C16H22O5S3. The minimum atomic E-state index is -3.78. The Morgan fingerprint density at radius 1 is 1.17 bits per heavy atom. The molecule has 0 aromatic heterocycles. The highest BCUT2D eigenvalue weighted by molar-refractivity contribution is 8.77. The van der Waals surface area contributed by atoms with Gasteiger partial charge in [-0.3, -0.25) is 8.98 Å². The van der Waals surface area contributed by atoms with Gasteiger partial charge in [-0.2, -0.15) is 8.42 Å². The maximum absolute atomic E-state index is 11.8. The average molecular weight is 391 g/mol. The van der Waals surface area contributed by atoms with E-state index in [1.54, 1.807) is 18.2 Å². The molecule has 0 bridgehead atoms. The first kappa shape index (κ1) is 19.6. The molecule has 24 heavy (non-hydrogen) atoms. The third kappa shape index (κ3) is 7.04. The van der Waals surface area contributed by atoms with Gasteiger partial charge in [-0.05, 0) is 31.4 Å². The summed E-state index contributed by atoms with van der Waals surface area (Å²) in [6, 6.07) is 7.90. The fraction of sp³-hybridized carbons (Fsp3) is 0.562. The standard InChI is InChI=1S/C16H22O5S3/c17-16(9-5-4-6-14-10-13-22-23-14)20-11-12-21-24(18,19)15-7-2-1-3-8-15/h1-3,7-8,14H,4-6,9-13H2/t14-/m1/s1. The van der Waals surface area contributed by atoms with Gasteiger partial charge in [0, 0.05) is 17.4 Å². The van der Waals surface area contributed by atoms with Gasteiger partial charge in [0.15, 0.2) is 0 Å². The fourth-order valence-corrected chi connectivity index (χ4v) is 6.17. The Bertz CT molecular complexity index is 597. The van der Waals surface area contributed by atoms with Gasteiger partial charge in [-0.15, -0.1) is 0 Å². The third-order valence-corrected chi connectivity index (χ3v) is 7.83. The zero-order valence-corrected chi connectivity index (χ0v) is 15.8. The number of ether oxygens (including phenoxy) is 1. The second-order valence-electron chi connectivity index (χ2n) is 5.38. The van der Waals surface area contributed by atoms with Crippen LogP contribution in [0.4, 0.5) is 0 Å². The lowest BCUT2D eigenvalue weighted by molar-refractivity contribution is -0.144. The van der Waals surface area contributed by atoms with Gasteiger partial charge < -0.3 is 4.74 Å². The molecule has 0 unspecified atom stereocenters. The molecule has 0 aliphatic carbocycles. The summed E-state index contributed by atoms with van der Waals surface area (Å²) >= 11 is 0. The molecule has 1 heterocycles. The van der Waals surface area contributed by atoms with E-state index in [2.05, 4.69) is 0 Å². The number of unbranched alkanes of at least 4 members (excludes halogenated alkanes) is 1. The highest BCUT2D eigenvalue weighted by Gasteiger charge is 2.16. The predicted octanol–water partition coefficient (Wildman–Crippen LogP) is 3.65. The summed E-state index contributed by atoms with van der Waals surface area (Å²) in [7, 11) is 0.0838. The number of hydrogen-bond donors (Lipinski definition) is 0. The summed E-state index contributed by atoms with van der Waals surface area (Å²) in [4.78, 5) is 11.7. The van der Waals surface area contributed by atoms with E-state index in [-0.39, 0.29) is 24.1 Å². The fourth-order valence-electron chi connectivity index (χ4n) is 2.23. The van der Waals surface area contributed by atoms with Gasteiger partial charge >= 0.3 is 5.97 Å². The van der Waals surface area contributed by atoms with Crippen LogP contribution in [0.3, 0.4) is 0 Å². The van der Waals surface area contributed by atoms with Gasteiger partial charge in [0.05, 0.1) is 4.90 Å². The van der Waals surface area contributed by atoms with Crippen LogP contribution in [-0.2, 0) is 23.8 Å².